The van der Waals surface area contributed by atoms with Gasteiger partial charge >= 0.3 is 63.0 Å². The summed E-state index contributed by atoms with van der Waals surface area (Å²) in [5.41, 5.74) is 0. The first-order chi connectivity index (χ1) is 2.89. The van der Waals surface area contributed by atoms with Crippen LogP contribution in [0, 0.1) is 0 Å². The van der Waals surface area contributed by atoms with Crippen molar-refractivity contribution in [2.75, 3.05) is 0 Å². The molecule has 2 heteroatoms. The predicted octanol–water partition coefficient (Wildman–Crippen LogP) is 1.49. The van der Waals surface area contributed by atoms with Crippen molar-refractivity contribution in [2.45, 2.75) is 0 Å². The monoisotopic (exact) mass is 387 g/mol. The van der Waals surface area contributed by atoms with Gasteiger partial charge in [-0.2, -0.15) is 0 Å². The van der Waals surface area contributed by atoms with Crippen LogP contribution in [-0.2, 0) is 0 Å². The van der Waals surface area contributed by atoms with Crippen LogP contribution in [0.15, 0.2) is 17.2 Å². The summed E-state index contributed by atoms with van der Waals surface area (Å²) in [5.74, 6) is 0. The Bertz CT molecular complexity index is 104. The van der Waals surface area contributed by atoms with E-state index in [1.807, 2.05) is 0 Å². The molecule has 1 aliphatic rings. The molecule has 0 aliphatic carbocycles. The second-order valence-corrected chi connectivity index (χ2v) is 9.64. The molecule has 0 unspecified atom stereocenters. The Labute approximate surface area is 62.4 Å². The zero-order valence-electron chi connectivity index (χ0n) is 3.06. The van der Waals surface area contributed by atoms with Crippen molar-refractivity contribution in [3.8, 4) is 0 Å². The van der Waals surface area contributed by atoms with Gasteiger partial charge in [-0.05, 0) is 0 Å². The van der Waals surface area contributed by atoms with Crippen LogP contribution in [0.2, 0.25) is 0 Å². The van der Waals surface area contributed by atoms with Gasteiger partial charge in [-0.3, -0.25) is 0 Å². The second-order valence-electron chi connectivity index (χ2n) is 0.960. The number of hydrogen-bond acceptors (Lipinski definition) is 0. The summed E-state index contributed by atoms with van der Waals surface area (Å²) >= 11 is 2.24. The van der Waals surface area contributed by atoms with E-state index in [4.69, 9.17) is 0 Å². The maximum atomic E-state index is 2.41. The van der Waals surface area contributed by atoms with Crippen molar-refractivity contribution in [1.82, 2.24) is 0 Å². The van der Waals surface area contributed by atoms with Gasteiger partial charge in [0.15, 0.2) is 0 Å². The average Bonchev–Trinajstić information content (AvgIpc) is 1.86. The summed E-state index contributed by atoms with van der Waals surface area (Å²) in [4.78, 5) is 0. The van der Waals surface area contributed by atoms with E-state index < -0.39 is 0 Å². The molecule has 0 bridgehead atoms. The molecule has 0 N–H and O–H groups in total. The van der Waals surface area contributed by atoms with E-state index in [9.17, 15) is 0 Å². The average molecular weight is 387 g/mol. The van der Waals surface area contributed by atoms with Crippen molar-refractivity contribution in [1.29, 1.82) is 0 Å². The summed E-state index contributed by atoms with van der Waals surface area (Å²) in [6.45, 7) is 0. The van der Waals surface area contributed by atoms with Crippen LogP contribution in [0.25, 0.3) is 0 Å². The molecule has 31 valence electrons. The SMILES string of the molecule is I[C]1=CC=[CH][Bi]1. The molecular weight excluding hydrogens is 384 g/mol. The standard InChI is InChI=1S/C4H3I.Bi/c1-2-3-4-5;/h1-3H;. The first-order valence-corrected chi connectivity index (χ1v) is 6.45. The second kappa shape index (κ2) is 2.41. The van der Waals surface area contributed by atoms with Crippen molar-refractivity contribution in [2.24, 2.45) is 0 Å². The molecule has 1 heterocycles. The van der Waals surface area contributed by atoms with Gasteiger partial charge in [0.05, 0.1) is 0 Å². The molecule has 0 saturated carbocycles. The van der Waals surface area contributed by atoms with E-state index in [0.717, 1.165) is 0 Å². The third-order valence-electron chi connectivity index (χ3n) is 0.518. The molecule has 1 aliphatic heterocycles. The van der Waals surface area contributed by atoms with Gasteiger partial charge in [0, 0.05) is 0 Å². The number of halogens is 1. The third-order valence-corrected chi connectivity index (χ3v) is 6.11. The molecule has 1 radical (unpaired) electrons. The first kappa shape index (κ1) is 5.23. The Balaban J connectivity index is 2.61. The minimum absolute atomic E-state index is 0.171. The predicted molar refractivity (Wildman–Crippen MR) is 37.0 cm³/mol. The van der Waals surface area contributed by atoms with Gasteiger partial charge in [-0.15, -0.1) is 0 Å². The van der Waals surface area contributed by atoms with Crippen molar-refractivity contribution >= 4 is 45.8 Å². The molecule has 0 amide bonds. The van der Waals surface area contributed by atoms with E-state index in [0.29, 0.717) is 0 Å². The summed E-state index contributed by atoms with van der Waals surface area (Å²) in [5, 5.41) is 0. The van der Waals surface area contributed by atoms with Crippen molar-refractivity contribution in [3.05, 3.63) is 17.2 Å². The molecule has 0 atom stereocenters. The van der Waals surface area contributed by atoms with Crippen molar-refractivity contribution < 1.29 is 0 Å². The third kappa shape index (κ3) is 1.30. The minimum atomic E-state index is -0.171. The zero-order chi connectivity index (χ0) is 4.41. The van der Waals surface area contributed by atoms with Crippen LogP contribution in [0.1, 0.15) is 0 Å². The molecule has 6 heavy (non-hydrogen) atoms. The Morgan fingerprint density at radius 2 is 2.50 bits per heavy atom. The van der Waals surface area contributed by atoms with E-state index in [-0.39, 0.29) is 23.2 Å². The van der Waals surface area contributed by atoms with Gasteiger partial charge in [0.25, 0.3) is 0 Å². The number of allylic oxidation sites excluding steroid dienone is 2. The first-order valence-electron chi connectivity index (χ1n) is 1.63. The fraction of sp³-hybridized carbons (Fsp3) is 0. The van der Waals surface area contributed by atoms with Crippen LogP contribution in [0.3, 0.4) is 0 Å². The van der Waals surface area contributed by atoms with Crippen LogP contribution >= 0.6 is 22.6 Å². The summed E-state index contributed by atoms with van der Waals surface area (Å²) < 4.78 is 3.95. The van der Waals surface area contributed by atoms with Gasteiger partial charge in [0.2, 0.25) is 0 Å². The van der Waals surface area contributed by atoms with E-state index in [1.165, 1.54) is 0 Å². The fourth-order valence-electron chi connectivity index (χ4n) is 0.280. The van der Waals surface area contributed by atoms with Crippen LogP contribution in [0.5, 0.6) is 0 Å². The number of hydrogen-bond donors (Lipinski definition) is 0. The van der Waals surface area contributed by atoms with Crippen molar-refractivity contribution in [3.63, 3.8) is 0 Å². The number of rotatable bonds is 0. The fourth-order valence-corrected chi connectivity index (χ4v) is 3.79. The summed E-state index contributed by atoms with van der Waals surface area (Å²) in [6.07, 6.45) is 4.37. The van der Waals surface area contributed by atoms with E-state index in [1.54, 1.807) is 1.29 Å². The molecular formula is C4H3BiI. The molecule has 0 fully saturated rings. The van der Waals surface area contributed by atoms with Crippen LogP contribution in [-0.4, -0.2) is 23.2 Å². The molecule has 0 saturated heterocycles. The van der Waals surface area contributed by atoms with Gasteiger partial charge in [0.1, 0.15) is 0 Å². The van der Waals surface area contributed by atoms with Gasteiger partial charge in [-0.25, -0.2) is 0 Å². The molecule has 0 spiro atoms. The molecule has 1 rings (SSSR count). The van der Waals surface area contributed by atoms with Crippen LogP contribution in [0.4, 0.5) is 0 Å². The van der Waals surface area contributed by atoms with E-state index >= 15 is 0 Å². The Morgan fingerprint density at radius 1 is 1.67 bits per heavy atom. The summed E-state index contributed by atoms with van der Waals surface area (Å²) in [6, 6.07) is 0. The molecule has 0 aromatic heterocycles. The molecule has 0 aromatic carbocycles. The molecule has 0 nitrogen and oxygen atoms in total. The Kier molecular flexibility index (Phi) is 2.11. The van der Waals surface area contributed by atoms with Crippen LogP contribution < -0.4 is 0 Å². The topological polar surface area (TPSA) is 0 Å². The quantitative estimate of drug-likeness (QED) is 0.437. The van der Waals surface area contributed by atoms with Gasteiger partial charge in [-0.1, -0.05) is 0 Å². The van der Waals surface area contributed by atoms with E-state index in [2.05, 4.69) is 38.5 Å². The zero-order valence-corrected chi connectivity index (χ0v) is 8.69. The summed E-state index contributed by atoms with van der Waals surface area (Å²) in [7, 11) is 0. The maximum absolute atomic E-state index is 2.41. The molecule has 0 aromatic rings. The Hall–Kier alpha value is 1.09. The normalized spacial score (nSPS) is 18.5. The Morgan fingerprint density at radius 3 is 2.67 bits per heavy atom. The van der Waals surface area contributed by atoms with Gasteiger partial charge < -0.3 is 0 Å².